The first-order valence-electron chi connectivity index (χ1n) is 16.0. The third kappa shape index (κ3) is 9.99. The molecule has 0 atom stereocenters. The molecule has 0 aliphatic heterocycles. The Balaban J connectivity index is 0.000000180. The fourth-order valence-corrected chi connectivity index (χ4v) is 13.3. The van der Waals surface area contributed by atoms with Crippen molar-refractivity contribution >= 4 is 65.0 Å². The second-order valence-corrected chi connectivity index (χ2v) is 20.7. The topological polar surface area (TPSA) is 0 Å². The molecule has 0 heterocycles. The zero-order valence-corrected chi connectivity index (χ0v) is 30.9. The Kier molecular flexibility index (Phi) is 15.5. The average Bonchev–Trinajstić information content (AvgIpc) is 3.64. The van der Waals surface area contributed by atoms with E-state index in [1.165, 1.54) is 111 Å². The van der Waals surface area contributed by atoms with Crippen molar-refractivity contribution in [3.8, 4) is 0 Å². The van der Waals surface area contributed by atoms with Gasteiger partial charge in [-0.2, -0.15) is 12.1 Å². The predicted molar refractivity (Wildman–Crippen MR) is 188 cm³/mol. The van der Waals surface area contributed by atoms with Gasteiger partial charge in [-0.15, -0.1) is 80.7 Å². The van der Waals surface area contributed by atoms with E-state index in [9.17, 15) is 0 Å². The summed E-state index contributed by atoms with van der Waals surface area (Å²) in [5.74, 6) is 0. The largest absolute Gasteiger partial charge is 0.161 e. The fraction of sp³-hybridized carbons (Fsp3) is 0.500. The van der Waals surface area contributed by atoms with Gasteiger partial charge >= 0.3 is 37.9 Å². The van der Waals surface area contributed by atoms with Crippen LogP contribution in [0.3, 0.4) is 0 Å². The standard InChI is InChI=1S/C21H28P.C15H20P.2ClH.Zr/c1-3-11-19(12-4-1)22(20-13-5-2-6-14-20)21-15-17-9-7-8-10-18(17)16-21;1-3-9-16(10-4-2)15-11-13-7-5-6-8-14(13)12-15;;;/h7-10,15-16,19-20H,1-6,11-14H2;5-8,11-12H,3-4,9-10H2,1-2H3;2*1H;/q2*-1;;;+4/p-2. The molecule has 0 radical (unpaired) electrons. The molecule has 0 bridgehead atoms. The van der Waals surface area contributed by atoms with Crippen molar-refractivity contribution in [2.45, 2.75) is 102 Å². The molecule has 4 aromatic rings. The predicted octanol–water partition coefficient (Wildman–Crippen LogP) is 12.2. The maximum absolute atomic E-state index is 4.93. The van der Waals surface area contributed by atoms with Gasteiger partial charge in [0.25, 0.3) is 0 Å². The molecule has 6 rings (SSSR count). The van der Waals surface area contributed by atoms with Gasteiger partial charge in [-0.25, -0.2) is 0 Å². The minimum absolute atomic E-state index is 0.0611. The zero-order chi connectivity index (χ0) is 28.9. The number of rotatable bonds is 8. The van der Waals surface area contributed by atoms with Gasteiger partial charge in [-0.05, 0) is 49.3 Å². The third-order valence-corrected chi connectivity index (χ3v) is 15.2. The van der Waals surface area contributed by atoms with Gasteiger partial charge in [-0.3, -0.25) is 0 Å². The Morgan fingerprint density at radius 1 is 0.659 bits per heavy atom. The van der Waals surface area contributed by atoms with E-state index < -0.39 is 20.8 Å². The molecule has 2 aliphatic carbocycles. The van der Waals surface area contributed by atoms with Crippen LogP contribution in [0.2, 0.25) is 0 Å². The van der Waals surface area contributed by atoms with Crippen LogP contribution in [-0.4, -0.2) is 23.6 Å². The van der Waals surface area contributed by atoms with Crippen LogP contribution in [0.25, 0.3) is 21.5 Å². The zero-order valence-electron chi connectivity index (χ0n) is 25.1. The Morgan fingerprint density at radius 2 is 1.07 bits per heavy atom. The number of benzene rings is 2. The smallest absolute Gasteiger partial charge is 0.0181 e. The average molecular weight is 705 g/mol. The minimum atomic E-state index is -0.826. The van der Waals surface area contributed by atoms with Crippen molar-refractivity contribution in [3.63, 3.8) is 0 Å². The molecule has 0 unspecified atom stereocenters. The summed E-state index contributed by atoms with van der Waals surface area (Å²) in [5, 5.41) is 9.11. The van der Waals surface area contributed by atoms with E-state index in [1.54, 1.807) is 10.6 Å². The Hall–Kier alpha value is -0.0169. The molecule has 0 amide bonds. The molecule has 0 N–H and O–H groups in total. The van der Waals surface area contributed by atoms with E-state index in [1.807, 2.05) is 0 Å². The second kappa shape index (κ2) is 18.7. The molecular formula is C36H48Cl2P2Zr. The second-order valence-electron chi connectivity index (χ2n) is 11.7. The van der Waals surface area contributed by atoms with Gasteiger partial charge in [0.1, 0.15) is 0 Å². The molecule has 4 aromatic carbocycles. The molecule has 0 saturated heterocycles. The van der Waals surface area contributed by atoms with Gasteiger partial charge in [0.2, 0.25) is 0 Å². The molecule has 220 valence electrons. The first-order chi connectivity index (χ1) is 20.2. The van der Waals surface area contributed by atoms with E-state index in [4.69, 9.17) is 17.0 Å². The Morgan fingerprint density at radius 3 is 1.51 bits per heavy atom. The molecule has 0 spiro atoms. The van der Waals surface area contributed by atoms with Crippen LogP contribution < -0.4 is 10.6 Å². The molecule has 2 saturated carbocycles. The SMILES string of the molecule is CCCP(CCC)c1cc2ccccc2[cH-]1.[Cl][Zr+2][Cl].c1ccc2[cH-]c(P(C3CCCCC3)C3CCCCC3)cc2c1. The summed E-state index contributed by atoms with van der Waals surface area (Å²) in [6.07, 6.45) is 20.3. The third-order valence-electron chi connectivity index (χ3n) is 8.79. The van der Waals surface area contributed by atoms with Crippen molar-refractivity contribution in [1.29, 1.82) is 0 Å². The number of hydrogen-bond acceptors (Lipinski definition) is 0. The molecule has 0 nitrogen and oxygen atoms in total. The van der Waals surface area contributed by atoms with Crippen LogP contribution in [0.15, 0.2) is 72.8 Å². The molecular weight excluding hydrogens is 656 g/mol. The van der Waals surface area contributed by atoms with Crippen LogP contribution in [0.1, 0.15) is 90.9 Å². The molecule has 5 heteroatoms. The van der Waals surface area contributed by atoms with Gasteiger partial charge in [0.05, 0.1) is 0 Å². The molecule has 0 aromatic heterocycles. The summed E-state index contributed by atoms with van der Waals surface area (Å²) >= 11 is -0.826. The van der Waals surface area contributed by atoms with Crippen molar-refractivity contribution in [2.24, 2.45) is 0 Å². The summed E-state index contributed by atoms with van der Waals surface area (Å²) in [7, 11) is 10.0. The number of fused-ring (bicyclic) bond motifs is 2. The van der Waals surface area contributed by atoms with Crippen molar-refractivity contribution < 1.29 is 20.8 Å². The van der Waals surface area contributed by atoms with Crippen LogP contribution in [0.4, 0.5) is 0 Å². The molecule has 41 heavy (non-hydrogen) atoms. The first kappa shape index (κ1) is 33.9. The first-order valence-corrected chi connectivity index (χ1v) is 25.5. The van der Waals surface area contributed by atoms with Gasteiger partial charge in [-0.1, -0.05) is 93.2 Å². The van der Waals surface area contributed by atoms with E-state index in [2.05, 4.69) is 86.6 Å². The fourth-order valence-electron chi connectivity index (χ4n) is 6.95. The maximum Gasteiger partial charge on any atom is -0.0181 e. The summed E-state index contributed by atoms with van der Waals surface area (Å²) < 4.78 is 0. The summed E-state index contributed by atoms with van der Waals surface area (Å²) in [5.41, 5.74) is 2.03. The summed E-state index contributed by atoms with van der Waals surface area (Å²) in [4.78, 5) is 0. The van der Waals surface area contributed by atoms with Gasteiger partial charge < -0.3 is 0 Å². The van der Waals surface area contributed by atoms with E-state index in [0.29, 0.717) is 0 Å². The van der Waals surface area contributed by atoms with E-state index in [0.717, 1.165) is 11.3 Å². The van der Waals surface area contributed by atoms with Crippen molar-refractivity contribution in [3.05, 3.63) is 72.8 Å². The summed E-state index contributed by atoms with van der Waals surface area (Å²) in [6, 6.07) is 27.6. The van der Waals surface area contributed by atoms with Crippen LogP contribution >= 0.6 is 32.9 Å². The maximum atomic E-state index is 4.93. The minimum Gasteiger partial charge on any atom is -0.161 e. The molecule has 2 fully saturated rings. The van der Waals surface area contributed by atoms with E-state index >= 15 is 0 Å². The Labute approximate surface area is 271 Å². The van der Waals surface area contributed by atoms with Gasteiger partial charge in [0.15, 0.2) is 0 Å². The quantitative estimate of drug-likeness (QED) is 0.127. The van der Waals surface area contributed by atoms with Crippen molar-refractivity contribution in [1.82, 2.24) is 0 Å². The number of hydrogen-bond donors (Lipinski definition) is 0. The summed E-state index contributed by atoms with van der Waals surface area (Å²) in [6.45, 7) is 4.60. The van der Waals surface area contributed by atoms with E-state index in [-0.39, 0.29) is 15.8 Å². The molecule has 2 aliphatic rings. The normalized spacial score (nSPS) is 16.3. The van der Waals surface area contributed by atoms with Crippen LogP contribution in [-0.2, 0) is 20.8 Å². The Bertz CT molecular complexity index is 1180. The monoisotopic (exact) mass is 702 g/mol. The van der Waals surface area contributed by atoms with Crippen molar-refractivity contribution in [2.75, 3.05) is 12.3 Å². The van der Waals surface area contributed by atoms with Crippen LogP contribution in [0.5, 0.6) is 0 Å². The van der Waals surface area contributed by atoms with Gasteiger partial charge in [0, 0.05) is 0 Å². The number of halogens is 2. The van der Waals surface area contributed by atoms with Crippen LogP contribution in [0, 0.1) is 0 Å².